The van der Waals surface area contributed by atoms with Gasteiger partial charge in [0, 0.05) is 40.4 Å². The van der Waals surface area contributed by atoms with Gasteiger partial charge in [0.25, 0.3) is 0 Å². The maximum atomic E-state index is 9.93. The van der Waals surface area contributed by atoms with Gasteiger partial charge in [-0.25, -0.2) is 0 Å². The maximum Gasteiger partial charge on any atom is 0.142 e. The Bertz CT molecular complexity index is 1300. The number of methoxy groups -OCH3 is 2. The molecule has 0 spiro atoms. The van der Waals surface area contributed by atoms with Crippen molar-refractivity contribution in [2.75, 3.05) is 24.4 Å². The topological polar surface area (TPSA) is 54.0 Å². The quantitative estimate of drug-likeness (QED) is 0.356. The van der Waals surface area contributed by atoms with E-state index in [-0.39, 0.29) is 11.3 Å². The molecule has 0 bridgehead atoms. The molecule has 0 aromatic heterocycles. The fourth-order valence-electron chi connectivity index (χ4n) is 4.76. The van der Waals surface area contributed by atoms with Gasteiger partial charge in [-0.3, -0.25) is 0 Å². The monoisotopic (exact) mass is 488 g/mol. The minimum absolute atomic E-state index is 0.179. The van der Waals surface area contributed by atoms with Gasteiger partial charge in [0.1, 0.15) is 17.2 Å². The summed E-state index contributed by atoms with van der Waals surface area (Å²) in [5.74, 6) is 1.69. The zero-order chi connectivity index (χ0) is 24.7. The average molecular weight is 489 g/mol. The number of ether oxygens (including phenoxy) is 2. The Morgan fingerprint density at radius 3 is 2.34 bits per heavy atom. The number of phenolic OH excluding ortho intramolecular Hbond substituents is 1. The molecular weight excluding hydrogens is 456 g/mol. The van der Waals surface area contributed by atoms with E-state index in [0.29, 0.717) is 12.3 Å². The van der Waals surface area contributed by atoms with E-state index in [0.717, 1.165) is 33.5 Å². The lowest BCUT2D eigenvalue weighted by Crippen LogP contribution is -2.33. The van der Waals surface area contributed by atoms with Crippen molar-refractivity contribution in [3.63, 3.8) is 0 Å². The summed E-state index contributed by atoms with van der Waals surface area (Å²) >= 11 is 4.08. The smallest absolute Gasteiger partial charge is 0.142 e. The molecule has 2 aliphatic heterocycles. The van der Waals surface area contributed by atoms with Crippen LogP contribution >= 0.6 is 12.6 Å². The Kier molecular flexibility index (Phi) is 6.09. The van der Waals surface area contributed by atoms with Gasteiger partial charge in [0.2, 0.25) is 0 Å². The number of hydrogen-bond acceptors (Lipinski definition) is 6. The number of rotatable bonds is 4. The minimum atomic E-state index is -0.179. The summed E-state index contributed by atoms with van der Waals surface area (Å²) in [4.78, 5) is 2.33. The van der Waals surface area contributed by atoms with Gasteiger partial charge >= 0.3 is 0 Å². The van der Waals surface area contributed by atoms with Gasteiger partial charge in [0.05, 0.1) is 25.4 Å². The van der Waals surface area contributed by atoms with E-state index in [4.69, 9.17) is 9.47 Å². The molecule has 0 atom stereocenters. The molecule has 1 aliphatic carbocycles. The molecule has 2 heterocycles. The highest BCUT2D eigenvalue weighted by molar-refractivity contribution is 7.81. The molecule has 5 nitrogen and oxygen atoms in total. The average Bonchev–Trinajstić information content (AvgIpc) is 3.54. The molecule has 3 aromatic rings. The molecule has 0 amide bonds. The van der Waals surface area contributed by atoms with Crippen LogP contribution in [0.5, 0.6) is 17.2 Å². The van der Waals surface area contributed by atoms with Gasteiger partial charge < -0.3 is 24.8 Å². The fraction of sp³-hybridized carbons (Fsp3) is 0.310. The van der Waals surface area contributed by atoms with Crippen LogP contribution in [-0.4, -0.2) is 30.1 Å². The predicted octanol–water partition coefficient (Wildman–Crippen LogP) is 6.72. The summed E-state index contributed by atoms with van der Waals surface area (Å²) in [6, 6.07) is 17.7. The first-order valence-corrected chi connectivity index (χ1v) is 12.5. The zero-order valence-electron chi connectivity index (χ0n) is 20.6. The van der Waals surface area contributed by atoms with Gasteiger partial charge in [-0.15, -0.1) is 0 Å². The number of nitrogens with zero attached hydrogens (tertiary/aromatic N) is 1. The molecule has 182 valence electrons. The number of para-hydroxylation sites is 2. The summed E-state index contributed by atoms with van der Waals surface area (Å²) in [6.07, 6.45) is 4.99. The van der Waals surface area contributed by atoms with Crippen molar-refractivity contribution in [1.82, 2.24) is 0 Å². The molecular formula is C29H32N2O3S. The summed E-state index contributed by atoms with van der Waals surface area (Å²) < 4.78 is 11.3. The molecule has 6 heteroatoms. The predicted molar refractivity (Wildman–Crippen MR) is 147 cm³/mol. The number of aromatic hydroxyl groups is 1. The molecule has 3 aliphatic rings. The lowest BCUT2D eigenvalue weighted by atomic mass is 9.89. The lowest BCUT2D eigenvalue weighted by Gasteiger charge is -2.33. The van der Waals surface area contributed by atoms with Gasteiger partial charge in [-0.2, -0.15) is 12.6 Å². The molecule has 2 N–H and O–H groups in total. The van der Waals surface area contributed by atoms with Crippen molar-refractivity contribution >= 4 is 29.7 Å². The van der Waals surface area contributed by atoms with Crippen molar-refractivity contribution < 1.29 is 14.6 Å². The molecule has 35 heavy (non-hydrogen) atoms. The van der Waals surface area contributed by atoms with E-state index < -0.39 is 0 Å². The molecule has 3 aromatic carbocycles. The van der Waals surface area contributed by atoms with Crippen LogP contribution in [0.25, 0.3) is 16.8 Å². The van der Waals surface area contributed by atoms with Crippen LogP contribution in [0.4, 0.5) is 11.4 Å². The molecule has 1 fully saturated rings. The first kappa shape index (κ1) is 23.5. The van der Waals surface area contributed by atoms with Crippen LogP contribution in [0.1, 0.15) is 37.8 Å². The molecule has 6 rings (SSSR count). The number of phenols is 1. The molecule has 0 radical (unpaired) electrons. The van der Waals surface area contributed by atoms with Gasteiger partial charge in [-0.1, -0.05) is 18.2 Å². The third kappa shape index (κ3) is 4.55. The number of anilines is 2. The van der Waals surface area contributed by atoms with Crippen LogP contribution in [0, 0.1) is 0 Å². The van der Waals surface area contributed by atoms with Crippen molar-refractivity contribution in [2.24, 2.45) is 0 Å². The van der Waals surface area contributed by atoms with Crippen LogP contribution in [0.2, 0.25) is 0 Å². The fourth-order valence-corrected chi connectivity index (χ4v) is 4.91. The summed E-state index contributed by atoms with van der Waals surface area (Å²) in [5, 5.41) is 14.4. The van der Waals surface area contributed by atoms with Crippen LogP contribution < -0.4 is 19.7 Å². The van der Waals surface area contributed by atoms with Gasteiger partial charge in [0.15, 0.2) is 0 Å². The van der Waals surface area contributed by atoms with Crippen LogP contribution in [0.3, 0.4) is 0 Å². The van der Waals surface area contributed by atoms with E-state index in [1.807, 2.05) is 24.3 Å². The van der Waals surface area contributed by atoms with Crippen molar-refractivity contribution in [1.29, 1.82) is 0 Å². The van der Waals surface area contributed by atoms with Gasteiger partial charge in [-0.05, 0) is 74.2 Å². The Labute approximate surface area is 212 Å². The third-order valence-corrected chi connectivity index (χ3v) is 7.04. The van der Waals surface area contributed by atoms with Crippen LogP contribution in [0.15, 0.2) is 60.7 Å². The Morgan fingerprint density at radius 1 is 0.971 bits per heavy atom. The highest BCUT2D eigenvalue weighted by Gasteiger charge is 2.37. The zero-order valence-corrected chi connectivity index (χ0v) is 21.5. The second-order valence-electron chi connectivity index (χ2n) is 9.76. The van der Waals surface area contributed by atoms with E-state index in [1.165, 1.54) is 29.7 Å². The standard InChI is InChI=1S/C26H26N2O3.C3H6S/c1-26(2)14-22-25-19(15-28(22)21-7-5-6-8-23(21)30-3)17(11-12-20(25)27-26)18-10-9-16(29)13-24(18)31-4;4-3-1-2-3/h5-14,27,29H,15H2,1-4H3;3-4H,1-2H2. The SMILES string of the molecule is COc1cc(O)ccc1-c1ccc2c3c1CN(c1ccccc1OC)C3=CC(C)(C)N2.SC1CC1. The lowest BCUT2D eigenvalue weighted by molar-refractivity contribution is 0.409. The largest absolute Gasteiger partial charge is 0.508 e. The van der Waals surface area contributed by atoms with E-state index in [9.17, 15) is 5.11 Å². The van der Waals surface area contributed by atoms with Crippen molar-refractivity contribution in [2.45, 2.75) is 44.0 Å². The van der Waals surface area contributed by atoms with Crippen LogP contribution in [-0.2, 0) is 6.54 Å². The minimum Gasteiger partial charge on any atom is -0.508 e. The maximum absolute atomic E-state index is 9.93. The highest BCUT2D eigenvalue weighted by Crippen LogP contribution is 2.51. The Balaban J connectivity index is 0.000000577. The van der Waals surface area contributed by atoms with Crippen molar-refractivity contribution in [3.8, 4) is 28.4 Å². The second kappa shape index (κ2) is 9.08. The van der Waals surface area contributed by atoms with E-state index in [2.05, 4.69) is 61.0 Å². The Hall–Kier alpha value is -3.25. The van der Waals surface area contributed by atoms with E-state index >= 15 is 0 Å². The second-order valence-corrected chi connectivity index (χ2v) is 10.5. The summed E-state index contributed by atoms with van der Waals surface area (Å²) in [6.45, 7) is 5.07. The highest BCUT2D eigenvalue weighted by atomic mass is 32.1. The first-order chi connectivity index (χ1) is 16.8. The molecule has 0 unspecified atom stereocenters. The van der Waals surface area contributed by atoms with Crippen molar-refractivity contribution in [3.05, 3.63) is 71.8 Å². The number of nitrogens with one attached hydrogen (secondary N) is 1. The normalized spacial score (nSPS) is 16.9. The number of thiol groups is 1. The summed E-state index contributed by atoms with van der Waals surface area (Å²) in [7, 11) is 3.34. The Morgan fingerprint density at radius 2 is 1.66 bits per heavy atom. The first-order valence-electron chi connectivity index (χ1n) is 11.9. The summed E-state index contributed by atoms with van der Waals surface area (Å²) in [5.41, 5.74) is 7.65. The third-order valence-electron chi connectivity index (χ3n) is 6.53. The van der Waals surface area contributed by atoms with E-state index in [1.54, 1.807) is 26.4 Å². The molecule has 1 saturated carbocycles. The number of hydrogen-bond donors (Lipinski definition) is 3. The number of benzene rings is 3. The molecule has 0 saturated heterocycles.